The fraction of sp³-hybridized carbons (Fsp3) is 0.0244. The highest BCUT2D eigenvalue weighted by Gasteiger charge is 2.50. The SMILES string of the molecule is c1ccc(-c2ccccc2-c2ccc(-c3ccc4c(c3)Oc3ccccc3C43c4ccccc4-c4ccccc43)s2)cc1. The maximum Gasteiger partial charge on any atom is 0.132 e. The lowest BCUT2D eigenvalue weighted by Gasteiger charge is -2.39. The number of para-hydroxylation sites is 1. The molecule has 2 heterocycles. The molecule has 0 radical (unpaired) electrons. The maximum absolute atomic E-state index is 6.73. The van der Waals surface area contributed by atoms with Crippen molar-refractivity contribution < 1.29 is 4.74 Å². The number of thiophene rings is 1. The Morgan fingerprint density at radius 3 is 1.67 bits per heavy atom. The Bertz CT molecular complexity index is 2130. The van der Waals surface area contributed by atoms with Crippen LogP contribution in [0.5, 0.6) is 11.5 Å². The zero-order valence-electron chi connectivity index (χ0n) is 23.3. The summed E-state index contributed by atoms with van der Waals surface area (Å²) in [4.78, 5) is 2.48. The first-order valence-corrected chi connectivity index (χ1v) is 15.5. The Labute approximate surface area is 255 Å². The fourth-order valence-corrected chi connectivity index (χ4v) is 8.26. The highest BCUT2D eigenvalue weighted by Crippen LogP contribution is 2.62. The summed E-state index contributed by atoms with van der Waals surface area (Å²) in [6.07, 6.45) is 0. The highest BCUT2D eigenvalue weighted by atomic mass is 32.1. The molecular formula is C41H26OS. The van der Waals surface area contributed by atoms with Gasteiger partial charge in [0.15, 0.2) is 0 Å². The number of benzene rings is 6. The van der Waals surface area contributed by atoms with Gasteiger partial charge in [-0.2, -0.15) is 0 Å². The van der Waals surface area contributed by atoms with E-state index in [2.05, 4.69) is 158 Å². The Kier molecular flexibility index (Phi) is 5.35. The molecule has 6 aromatic carbocycles. The van der Waals surface area contributed by atoms with Crippen LogP contribution in [0.25, 0.3) is 43.1 Å². The van der Waals surface area contributed by atoms with Crippen LogP contribution < -0.4 is 4.74 Å². The summed E-state index contributed by atoms with van der Waals surface area (Å²) in [5, 5.41) is 0. The van der Waals surface area contributed by atoms with Gasteiger partial charge in [0.05, 0.1) is 5.41 Å². The molecule has 0 fully saturated rings. The Hall–Kier alpha value is -5.18. The molecule has 1 aromatic heterocycles. The summed E-state index contributed by atoms with van der Waals surface area (Å²) in [5.41, 5.74) is 12.1. The van der Waals surface area contributed by atoms with E-state index in [1.165, 1.54) is 65.4 Å². The summed E-state index contributed by atoms with van der Waals surface area (Å²) in [6, 6.07) is 56.9. The summed E-state index contributed by atoms with van der Waals surface area (Å²) >= 11 is 1.83. The quantitative estimate of drug-likeness (QED) is 0.207. The van der Waals surface area contributed by atoms with E-state index in [9.17, 15) is 0 Å². The molecule has 1 spiro atoms. The predicted molar refractivity (Wildman–Crippen MR) is 178 cm³/mol. The zero-order chi connectivity index (χ0) is 28.4. The minimum atomic E-state index is -0.425. The average Bonchev–Trinajstić information content (AvgIpc) is 3.68. The first kappa shape index (κ1) is 24.4. The summed E-state index contributed by atoms with van der Waals surface area (Å²) < 4.78 is 6.73. The van der Waals surface area contributed by atoms with E-state index in [0.29, 0.717) is 0 Å². The molecule has 0 N–H and O–H groups in total. The van der Waals surface area contributed by atoms with E-state index in [-0.39, 0.29) is 0 Å². The van der Waals surface area contributed by atoms with Gasteiger partial charge in [0.25, 0.3) is 0 Å². The van der Waals surface area contributed by atoms with Gasteiger partial charge in [-0.1, -0.05) is 133 Å². The minimum Gasteiger partial charge on any atom is -0.457 e. The highest BCUT2D eigenvalue weighted by molar-refractivity contribution is 7.18. The van der Waals surface area contributed by atoms with Crippen LogP contribution in [-0.4, -0.2) is 0 Å². The van der Waals surface area contributed by atoms with Gasteiger partial charge in [-0.05, 0) is 68.8 Å². The second-order valence-corrected chi connectivity index (χ2v) is 12.3. The van der Waals surface area contributed by atoms with Crippen molar-refractivity contribution in [2.75, 3.05) is 0 Å². The standard InChI is InChI=1S/C41H26OS/c1-2-12-27(13-3-1)29-14-4-5-17-32(29)40-25-24-39(43-40)28-22-23-36-38(26-28)42-37-21-11-10-20-35(37)41(36)33-18-8-6-15-30(33)31-16-7-9-19-34(31)41/h1-26H. The molecule has 202 valence electrons. The molecule has 2 aliphatic rings. The van der Waals surface area contributed by atoms with Crippen molar-refractivity contribution in [1.82, 2.24) is 0 Å². The predicted octanol–water partition coefficient (Wildman–Crippen LogP) is 11.2. The van der Waals surface area contributed by atoms with Gasteiger partial charge in [-0.3, -0.25) is 0 Å². The van der Waals surface area contributed by atoms with E-state index in [1.807, 2.05) is 11.3 Å². The third-order valence-electron chi connectivity index (χ3n) is 9.02. The van der Waals surface area contributed by atoms with Crippen LogP contribution in [-0.2, 0) is 5.41 Å². The molecule has 1 aliphatic heterocycles. The van der Waals surface area contributed by atoms with Crippen molar-refractivity contribution in [2.45, 2.75) is 5.41 Å². The van der Waals surface area contributed by atoms with Crippen LogP contribution in [0.2, 0.25) is 0 Å². The van der Waals surface area contributed by atoms with Crippen LogP contribution in [0.15, 0.2) is 158 Å². The summed E-state index contributed by atoms with van der Waals surface area (Å²) in [7, 11) is 0. The van der Waals surface area contributed by atoms with Crippen molar-refractivity contribution in [3.8, 4) is 54.6 Å². The van der Waals surface area contributed by atoms with Gasteiger partial charge < -0.3 is 4.74 Å². The number of fused-ring (bicyclic) bond motifs is 9. The number of rotatable bonds is 3. The first-order valence-electron chi connectivity index (χ1n) is 14.7. The number of hydrogen-bond acceptors (Lipinski definition) is 2. The molecule has 1 aliphatic carbocycles. The van der Waals surface area contributed by atoms with Gasteiger partial charge in [0, 0.05) is 20.9 Å². The largest absolute Gasteiger partial charge is 0.457 e. The molecule has 1 nitrogen and oxygen atoms in total. The second kappa shape index (κ2) is 9.42. The number of ether oxygens (including phenoxy) is 1. The lowest BCUT2D eigenvalue weighted by molar-refractivity contribution is 0.436. The van der Waals surface area contributed by atoms with Crippen molar-refractivity contribution in [3.05, 3.63) is 180 Å². The van der Waals surface area contributed by atoms with Crippen LogP contribution >= 0.6 is 11.3 Å². The molecule has 0 saturated carbocycles. The van der Waals surface area contributed by atoms with Crippen molar-refractivity contribution in [2.24, 2.45) is 0 Å². The van der Waals surface area contributed by atoms with Gasteiger partial charge in [0.1, 0.15) is 11.5 Å². The van der Waals surface area contributed by atoms with Gasteiger partial charge in [-0.15, -0.1) is 11.3 Å². The first-order chi connectivity index (χ1) is 21.3. The zero-order valence-corrected chi connectivity index (χ0v) is 24.1. The van der Waals surface area contributed by atoms with Crippen LogP contribution in [0.4, 0.5) is 0 Å². The molecule has 2 heteroatoms. The Balaban J connectivity index is 1.21. The molecule has 0 unspecified atom stereocenters. The molecule has 9 rings (SSSR count). The van der Waals surface area contributed by atoms with Gasteiger partial charge in [0.2, 0.25) is 0 Å². The van der Waals surface area contributed by atoms with Crippen LogP contribution in [0.1, 0.15) is 22.3 Å². The topological polar surface area (TPSA) is 9.23 Å². The van der Waals surface area contributed by atoms with Crippen molar-refractivity contribution >= 4 is 11.3 Å². The van der Waals surface area contributed by atoms with Crippen LogP contribution in [0.3, 0.4) is 0 Å². The Morgan fingerprint density at radius 1 is 0.372 bits per heavy atom. The third kappa shape index (κ3) is 3.51. The molecule has 0 atom stereocenters. The van der Waals surface area contributed by atoms with Crippen molar-refractivity contribution in [1.29, 1.82) is 0 Å². The molecule has 0 saturated heterocycles. The van der Waals surface area contributed by atoms with E-state index in [1.54, 1.807) is 0 Å². The molecule has 43 heavy (non-hydrogen) atoms. The van der Waals surface area contributed by atoms with Gasteiger partial charge in [-0.25, -0.2) is 0 Å². The smallest absolute Gasteiger partial charge is 0.132 e. The lowest BCUT2D eigenvalue weighted by Crippen LogP contribution is -2.32. The van der Waals surface area contributed by atoms with Gasteiger partial charge >= 0.3 is 0 Å². The minimum absolute atomic E-state index is 0.425. The Morgan fingerprint density at radius 2 is 0.930 bits per heavy atom. The number of hydrogen-bond donors (Lipinski definition) is 0. The molecule has 7 aromatic rings. The van der Waals surface area contributed by atoms with E-state index in [4.69, 9.17) is 4.74 Å². The molecule has 0 bridgehead atoms. The maximum atomic E-state index is 6.73. The summed E-state index contributed by atoms with van der Waals surface area (Å²) in [6.45, 7) is 0. The third-order valence-corrected chi connectivity index (χ3v) is 10.2. The van der Waals surface area contributed by atoms with E-state index >= 15 is 0 Å². The van der Waals surface area contributed by atoms with E-state index < -0.39 is 5.41 Å². The second-order valence-electron chi connectivity index (χ2n) is 11.2. The monoisotopic (exact) mass is 566 g/mol. The molecule has 0 amide bonds. The normalized spacial score (nSPS) is 13.5. The average molecular weight is 567 g/mol. The van der Waals surface area contributed by atoms with E-state index in [0.717, 1.165) is 11.5 Å². The van der Waals surface area contributed by atoms with Crippen LogP contribution in [0, 0.1) is 0 Å². The lowest BCUT2D eigenvalue weighted by atomic mass is 9.66. The van der Waals surface area contributed by atoms with Crippen molar-refractivity contribution in [3.63, 3.8) is 0 Å². The molecular weight excluding hydrogens is 541 g/mol. The fourth-order valence-electron chi connectivity index (χ4n) is 7.22. The summed E-state index contributed by atoms with van der Waals surface area (Å²) in [5.74, 6) is 1.84.